The monoisotopic (exact) mass is 277 g/mol. The van der Waals surface area contributed by atoms with E-state index in [2.05, 4.69) is 4.98 Å². The SMILES string of the molecule is COc1c(C)cnc(CC(=O)C2(O)CCCCC2)c1C. The van der Waals surface area contributed by atoms with Gasteiger partial charge in [-0.25, -0.2) is 0 Å². The lowest BCUT2D eigenvalue weighted by molar-refractivity contribution is -0.139. The number of hydrogen-bond donors (Lipinski definition) is 1. The number of ether oxygens (including phenoxy) is 1. The van der Waals surface area contributed by atoms with E-state index in [4.69, 9.17) is 4.74 Å². The van der Waals surface area contributed by atoms with Gasteiger partial charge in [-0.2, -0.15) is 0 Å². The summed E-state index contributed by atoms with van der Waals surface area (Å²) < 4.78 is 5.35. The zero-order valence-electron chi connectivity index (χ0n) is 12.5. The van der Waals surface area contributed by atoms with Gasteiger partial charge in [-0.05, 0) is 26.7 Å². The summed E-state index contributed by atoms with van der Waals surface area (Å²) in [6, 6.07) is 0. The maximum atomic E-state index is 12.4. The largest absolute Gasteiger partial charge is 0.496 e. The van der Waals surface area contributed by atoms with Crippen LogP contribution < -0.4 is 4.74 Å². The summed E-state index contributed by atoms with van der Waals surface area (Å²) >= 11 is 0. The molecule has 1 N–H and O–H groups in total. The fourth-order valence-corrected chi connectivity index (χ4v) is 2.98. The maximum Gasteiger partial charge on any atom is 0.170 e. The third kappa shape index (κ3) is 2.85. The number of aliphatic hydroxyl groups is 1. The number of hydrogen-bond acceptors (Lipinski definition) is 4. The summed E-state index contributed by atoms with van der Waals surface area (Å²) in [7, 11) is 1.62. The Hall–Kier alpha value is -1.42. The van der Waals surface area contributed by atoms with Crippen molar-refractivity contribution in [2.45, 2.75) is 58.0 Å². The number of pyridine rings is 1. The summed E-state index contributed by atoms with van der Waals surface area (Å²) in [5, 5.41) is 10.5. The van der Waals surface area contributed by atoms with Gasteiger partial charge in [0.2, 0.25) is 0 Å². The highest BCUT2D eigenvalue weighted by Gasteiger charge is 2.37. The highest BCUT2D eigenvalue weighted by atomic mass is 16.5. The molecule has 2 rings (SSSR count). The first-order valence-corrected chi connectivity index (χ1v) is 7.22. The number of carbonyl (C=O) groups is 1. The van der Waals surface area contributed by atoms with Crippen LogP contribution in [-0.2, 0) is 11.2 Å². The molecule has 1 aromatic rings. The molecular weight excluding hydrogens is 254 g/mol. The van der Waals surface area contributed by atoms with Crippen LogP contribution in [0.5, 0.6) is 5.75 Å². The third-order valence-electron chi connectivity index (χ3n) is 4.28. The Bertz CT molecular complexity index is 505. The van der Waals surface area contributed by atoms with Gasteiger partial charge in [-0.15, -0.1) is 0 Å². The van der Waals surface area contributed by atoms with Crippen LogP contribution in [0.3, 0.4) is 0 Å². The van der Waals surface area contributed by atoms with Gasteiger partial charge in [0.1, 0.15) is 11.4 Å². The number of nitrogens with zero attached hydrogens (tertiary/aromatic N) is 1. The summed E-state index contributed by atoms with van der Waals surface area (Å²) in [5.74, 6) is 0.664. The van der Waals surface area contributed by atoms with Crippen molar-refractivity contribution >= 4 is 5.78 Å². The fraction of sp³-hybridized carbons (Fsp3) is 0.625. The van der Waals surface area contributed by atoms with Crippen molar-refractivity contribution in [3.05, 3.63) is 23.0 Å². The van der Waals surface area contributed by atoms with E-state index < -0.39 is 5.60 Å². The van der Waals surface area contributed by atoms with Gasteiger partial charge < -0.3 is 9.84 Å². The Morgan fingerprint density at radius 1 is 1.35 bits per heavy atom. The van der Waals surface area contributed by atoms with E-state index in [1.54, 1.807) is 13.3 Å². The predicted molar refractivity (Wildman–Crippen MR) is 77.0 cm³/mol. The standard InChI is InChI=1S/C16H23NO3/c1-11-10-17-13(12(2)15(11)20-3)9-14(18)16(19)7-5-4-6-8-16/h10,19H,4-9H2,1-3H3. The van der Waals surface area contributed by atoms with E-state index in [9.17, 15) is 9.90 Å². The predicted octanol–water partition coefficient (Wildman–Crippen LogP) is 2.51. The number of rotatable bonds is 4. The molecule has 1 aliphatic rings. The van der Waals surface area contributed by atoms with Crippen molar-refractivity contribution in [1.29, 1.82) is 0 Å². The minimum Gasteiger partial charge on any atom is -0.496 e. The van der Waals surface area contributed by atoms with Gasteiger partial charge in [0.25, 0.3) is 0 Å². The molecule has 1 aliphatic carbocycles. The summed E-state index contributed by atoms with van der Waals surface area (Å²) in [6.07, 6.45) is 6.00. The highest BCUT2D eigenvalue weighted by Crippen LogP contribution is 2.31. The molecule has 1 fully saturated rings. The van der Waals surface area contributed by atoms with Crippen molar-refractivity contribution in [2.75, 3.05) is 7.11 Å². The van der Waals surface area contributed by atoms with E-state index in [0.29, 0.717) is 18.5 Å². The lowest BCUT2D eigenvalue weighted by atomic mass is 9.80. The molecule has 0 atom stereocenters. The maximum absolute atomic E-state index is 12.4. The Labute approximate surface area is 120 Å². The van der Waals surface area contributed by atoms with Crippen LogP contribution in [0.25, 0.3) is 0 Å². The quantitative estimate of drug-likeness (QED) is 0.918. The van der Waals surface area contributed by atoms with Crippen LogP contribution in [0.1, 0.15) is 48.9 Å². The molecule has 1 saturated carbocycles. The Kier molecular flexibility index (Phi) is 4.43. The van der Waals surface area contributed by atoms with Gasteiger partial charge in [-0.3, -0.25) is 9.78 Å². The molecule has 20 heavy (non-hydrogen) atoms. The molecule has 0 amide bonds. The van der Waals surface area contributed by atoms with Crippen molar-refractivity contribution in [2.24, 2.45) is 0 Å². The van der Waals surface area contributed by atoms with E-state index in [1.807, 2.05) is 13.8 Å². The number of methoxy groups -OCH3 is 1. The summed E-state index contributed by atoms with van der Waals surface area (Å²) in [5.41, 5.74) is 1.40. The number of Topliss-reactive ketones (excluding diaryl/α,β-unsaturated/α-hetero) is 1. The first-order valence-electron chi connectivity index (χ1n) is 7.22. The number of aryl methyl sites for hydroxylation is 1. The molecule has 4 heteroatoms. The molecule has 110 valence electrons. The zero-order valence-corrected chi connectivity index (χ0v) is 12.5. The highest BCUT2D eigenvalue weighted by molar-refractivity contribution is 5.89. The van der Waals surface area contributed by atoms with Crippen LogP contribution in [0.15, 0.2) is 6.20 Å². The molecule has 0 radical (unpaired) electrons. The molecule has 0 aliphatic heterocycles. The number of carbonyl (C=O) groups excluding carboxylic acids is 1. The number of aromatic nitrogens is 1. The molecule has 0 bridgehead atoms. The Morgan fingerprint density at radius 2 is 2.00 bits per heavy atom. The third-order valence-corrected chi connectivity index (χ3v) is 4.28. The van der Waals surface area contributed by atoms with Crippen molar-refractivity contribution in [1.82, 2.24) is 4.98 Å². The smallest absolute Gasteiger partial charge is 0.170 e. The second kappa shape index (κ2) is 5.92. The summed E-state index contributed by atoms with van der Waals surface area (Å²) in [4.78, 5) is 16.7. The minimum atomic E-state index is -1.15. The molecular formula is C16H23NO3. The van der Waals surface area contributed by atoms with E-state index in [-0.39, 0.29) is 12.2 Å². The van der Waals surface area contributed by atoms with Gasteiger partial charge in [0, 0.05) is 17.3 Å². The molecule has 1 aromatic heterocycles. The first kappa shape index (κ1) is 15.0. The Balaban J connectivity index is 2.19. The topological polar surface area (TPSA) is 59.4 Å². The van der Waals surface area contributed by atoms with Crippen LogP contribution >= 0.6 is 0 Å². The second-order valence-corrected chi connectivity index (χ2v) is 5.74. The average molecular weight is 277 g/mol. The minimum absolute atomic E-state index is 0.112. The van der Waals surface area contributed by atoms with Gasteiger partial charge in [0.05, 0.1) is 19.2 Å². The molecule has 0 unspecified atom stereocenters. The van der Waals surface area contributed by atoms with Crippen molar-refractivity contribution in [3.8, 4) is 5.75 Å². The molecule has 1 heterocycles. The van der Waals surface area contributed by atoms with E-state index in [1.165, 1.54) is 0 Å². The van der Waals surface area contributed by atoms with Crippen LogP contribution in [-0.4, -0.2) is 28.6 Å². The number of ketones is 1. The molecule has 0 saturated heterocycles. The van der Waals surface area contributed by atoms with Crippen LogP contribution in [0.2, 0.25) is 0 Å². The molecule has 0 spiro atoms. The fourth-order valence-electron chi connectivity index (χ4n) is 2.98. The second-order valence-electron chi connectivity index (χ2n) is 5.74. The van der Waals surface area contributed by atoms with Crippen molar-refractivity contribution in [3.63, 3.8) is 0 Å². The van der Waals surface area contributed by atoms with Gasteiger partial charge >= 0.3 is 0 Å². The average Bonchev–Trinajstić information content (AvgIpc) is 2.43. The first-order chi connectivity index (χ1) is 9.48. The van der Waals surface area contributed by atoms with Crippen LogP contribution in [0, 0.1) is 13.8 Å². The molecule has 4 nitrogen and oxygen atoms in total. The lowest BCUT2D eigenvalue weighted by Crippen LogP contribution is -2.41. The van der Waals surface area contributed by atoms with Gasteiger partial charge in [-0.1, -0.05) is 19.3 Å². The normalized spacial score (nSPS) is 17.8. The zero-order chi connectivity index (χ0) is 14.8. The lowest BCUT2D eigenvalue weighted by Gasteiger charge is -2.30. The van der Waals surface area contributed by atoms with Crippen molar-refractivity contribution < 1.29 is 14.6 Å². The van der Waals surface area contributed by atoms with E-state index in [0.717, 1.165) is 36.1 Å². The van der Waals surface area contributed by atoms with Gasteiger partial charge in [0.15, 0.2) is 5.78 Å². The Morgan fingerprint density at radius 3 is 2.60 bits per heavy atom. The van der Waals surface area contributed by atoms with E-state index >= 15 is 0 Å². The summed E-state index contributed by atoms with van der Waals surface area (Å²) in [6.45, 7) is 3.84. The van der Waals surface area contributed by atoms with Crippen LogP contribution in [0.4, 0.5) is 0 Å². The molecule has 0 aromatic carbocycles.